The molecule has 86 valence electrons. The van der Waals surface area contributed by atoms with Crippen molar-refractivity contribution in [2.45, 2.75) is 12.3 Å². The molecule has 1 aromatic heterocycles. The van der Waals surface area contributed by atoms with Crippen LogP contribution in [0.15, 0.2) is 55.0 Å². The zero-order chi connectivity index (χ0) is 11.9. The van der Waals surface area contributed by atoms with Gasteiger partial charge in [-0.2, -0.15) is 0 Å². The number of aromatic nitrogens is 2. The summed E-state index contributed by atoms with van der Waals surface area (Å²) in [5.74, 6) is 0.361. The van der Waals surface area contributed by atoms with E-state index in [-0.39, 0.29) is 0 Å². The zero-order valence-electron chi connectivity index (χ0n) is 9.88. The van der Waals surface area contributed by atoms with E-state index >= 15 is 0 Å². The molecule has 1 atom stereocenters. The van der Waals surface area contributed by atoms with Crippen LogP contribution in [0.3, 0.4) is 0 Å². The highest BCUT2D eigenvalue weighted by atomic mass is 14.8. The topological polar surface area (TPSA) is 25.8 Å². The molecule has 1 aliphatic carbocycles. The molecule has 0 bridgehead atoms. The molecule has 0 saturated carbocycles. The first-order valence-corrected chi connectivity index (χ1v) is 6.20. The van der Waals surface area contributed by atoms with E-state index < -0.39 is 0 Å². The maximum absolute atomic E-state index is 4.47. The standard InChI is InChI=1S/C16H12N2/c1-3-11-4-2-6-13-14(9-12(5-1)16(11)13)15-10-17-7-8-18-15/h1-8,10,14H,9H2. The first-order chi connectivity index (χ1) is 8.93. The normalized spacial score (nSPS) is 17.2. The molecule has 0 spiro atoms. The van der Waals surface area contributed by atoms with Crippen molar-refractivity contribution in [1.82, 2.24) is 9.97 Å². The second kappa shape index (κ2) is 3.64. The van der Waals surface area contributed by atoms with Crippen molar-refractivity contribution in [3.63, 3.8) is 0 Å². The summed E-state index contributed by atoms with van der Waals surface area (Å²) in [6.45, 7) is 0. The van der Waals surface area contributed by atoms with Gasteiger partial charge in [-0.05, 0) is 28.3 Å². The van der Waals surface area contributed by atoms with Crippen LogP contribution in [0.25, 0.3) is 10.8 Å². The summed E-state index contributed by atoms with van der Waals surface area (Å²) in [5.41, 5.74) is 3.89. The number of rotatable bonds is 1. The number of hydrogen-bond donors (Lipinski definition) is 0. The predicted molar refractivity (Wildman–Crippen MR) is 71.5 cm³/mol. The first kappa shape index (κ1) is 9.77. The van der Waals surface area contributed by atoms with E-state index in [9.17, 15) is 0 Å². The highest BCUT2D eigenvalue weighted by Gasteiger charge is 2.26. The van der Waals surface area contributed by atoms with E-state index in [1.807, 2.05) is 6.20 Å². The van der Waals surface area contributed by atoms with Crippen LogP contribution in [0, 0.1) is 0 Å². The molecule has 2 aromatic carbocycles. The molecular weight excluding hydrogens is 220 g/mol. The maximum Gasteiger partial charge on any atom is 0.0664 e. The highest BCUT2D eigenvalue weighted by Crippen LogP contribution is 2.40. The van der Waals surface area contributed by atoms with Gasteiger partial charge in [0, 0.05) is 24.5 Å². The Morgan fingerprint density at radius 3 is 2.72 bits per heavy atom. The summed E-state index contributed by atoms with van der Waals surface area (Å²) in [6, 6.07) is 13.1. The van der Waals surface area contributed by atoms with Crippen molar-refractivity contribution in [2.75, 3.05) is 0 Å². The van der Waals surface area contributed by atoms with E-state index in [1.54, 1.807) is 12.4 Å². The lowest BCUT2D eigenvalue weighted by atomic mass is 9.97. The smallest absolute Gasteiger partial charge is 0.0664 e. The Bertz CT molecular complexity index is 714. The lowest BCUT2D eigenvalue weighted by molar-refractivity contribution is 0.801. The van der Waals surface area contributed by atoms with Crippen molar-refractivity contribution >= 4 is 10.8 Å². The van der Waals surface area contributed by atoms with Crippen molar-refractivity contribution in [2.24, 2.45) is 0 Å². The predicted octanol–water partition coefficient (Wildman–Crippen LogP) is 3.32. The molecular formula is C16H12N2. The molecule has 2 heteroatoms. The van der Waals surface area contributed by atoms with Gasteiger partial charge in [0.25, 0.3) is 0 Å². The average molecular weight is 232 g/mol. The highest BCUT2D eigenvalue weighted by molar-refractivity contribution is 5.91. The van der Waals surface area contributed by atoms with E-state index in [1.165, 1.54) is 21.9 Å². The van der Waals surface area contributed by atoms with Crippen molar-refractivity contribution in [3.05, 3.63) is 71.8 Å². The summed E-state index contributed by atoms with van der Waals surface area (Å²) >= 11 is 0. The van der Waals surface area contributed by atoms with Crippen LogP contribution >= 0.6 is 0 Å². The number of hydrogen-bond acceptors (Lipinski definition) is 2. The molecule has 1 unspecified atom stereocenters. The SMILES string of the molecule is c1cc2c3c(cccc3c1)C(c1cnccn1)C2. The second-order valence-electron chi connectivity index (χ2n) is 4.75. The molecule has 0 N–H and O–H groups in total. The van der Waals surface area contributed by atoms with Crippen molar-refractivity contribution < 1.29 is 0 Å². The van der Waals surface area contributed by atoms with Gasteiger partial charge in [-0.15, -0.1) is 0 Å². The van der Waals surface area contributed by atoms with Crippen LogP contribution in [-0.2, 0) is 6.42 Å². The first-order valence-electron chi connectivity index (χ1n) is 6.20. The lowest BCUT2D eigenvalue weighted by Gasteiger charge is -2.09. The molecule has 1 heterocycles. The van der Waals surface area contributed by atoms with E-state index in [0.717, 1.165) is 12.1 Å². The molecule has 18 heavy (non-hydrogen) atoms. The van der Waals surface area contributed by atoms with Gasteiger partial charge in [-0.25, -0.2) is 0 Å². The number of benzene rings is 2. The summed E-state index contributed by atoms with van der Waals surface area (Å²) in [4.78, 5) is 8.66. The Morgan fingerprint density at radius 2 is 1.89 bits per heavy atom. The average Bonchev–Trinajstić information content (AvgIpc) is 2.82. The van der Waals surface area contributed by atoms with Gasteiger partial charge in [0.1, 0.15) is 0 Å². The molecule has 0 fully saturated rings. The maximum atomic E-state index is 4.47. The van der Waals surface area contributed by atoms with Crippen LogP contribution < -0.4 is 0 Å². The van der Waals surface area contributed by atoms with Gasteiger partial charge >= 0.3 is 0 Å². The van der Waals surface area contributed by atoms with Crippen molar-refractivity contribution in [3.8, 4) is 0 Å². The van der Waals surface area contributed by atoms with Crippen LogP contribution in [0.2, 0.25) is 0 Å². The molecule has 0 amide bonds. The lowest BCUT2D eigenvalue weighted by Crippen LogP contribution is -2.01. The Balaban J connectivity index is 1.97. The Hall–Kier alpha value is -2.22. The Kier molecular flexibility index (Phi) is 1.97. The third kappa shape index (κ3) is 1.29. The Labute approximate surface area is 105 Å². The third-order valence-electron chi connectivity index (χ3n) is 3.76. The zero-order valence-corrected chi connectivity index (χ0v) is 9.88. The fraction of sp³-hybridized carbons (Fsp3) is 0.125. The molecule has 4 rings (SSSR count). The summed E-state index contributed by atoms with van der Waals surface area (Å²) < 4.78 is 0. The van der Waals surface area contributed by atoms with Crippen LogP contribution in [0.1, 0.15) is 22.7 Å². The largest absolute Gasteiger partial charge is 0.261 e. The van der Waals surface area contributed by atoms with Crippen LogP contribution in [0.4, 0.5) is 0 Å². The minimum atomic E-state index is 0.361. The Morgan fingerprint density at radius 1 is 1.00 bits per heavy atom. The monoisotopic (exact) mass is 232 g/mol. The molecule has 0 saturated heterocycles. The van der Waals surface area contributed by atoms with E-state index in [0.29, 0.717) is 5.92 Å². The van der Waals surface area contributed by atoms with E-state index in [4.69, 9.17) is 0 Å². The van der Waals surface area contributed by atoms with Gasteiger partial charge in [0.05, 0.1) is 5.69 Å². The molecule has 2 nitrogen and oxygen atoms in total. The fourth-order valence-corrected chi connectivity index (χ4v) is 2.99. The fourth-order valence-electron chi connectivity index (χ4n) is 2.99. The minimum absolute atomic E-state index is 0.361. The van der Waals surface area contributed by atoms with Gasteiger partial charge in [-0.3, -0.25) is 9.97 Å². The van der Waals surface area contributed by atoms with E-state index in [2.05, 4.69) is 46.4 Å². The van der Waals surface area contributed by atoms with Crippen LogP contribution in [0.5, 0.6) is 0 Å². The molecule has 3 aromatic rings. The quantitative estimate of drug-likeness (QED) is 0.643. The number of nitrogens with zero attached hydrogens (tertiary/aromatic N) is 2. The van der Waals surface area contributed by atoms with Gasteiger partial charge in [-0.1, -0.05) is 36.4 Å². The molecule has 0 aliphatic heterocycles. The van der Waals surface area contributed by atoms with Crippen LogP contribution in [-0.4, -0.2) is 9.97 Å². The summed E-state index contributed by atoms with van der Waals surface area (Å²) in [7, 11) is 0. The second-order valence-corrected chi connectivity index (χ2v) is 4.75. The van der Waals surface area contributed by atoms with Gasteiger partial charge in [0.2, 0.25) is 0 Å². The molecule has 1 aliphatic rings. The minimum Gasteiger partial charge on any atom is -0.261 e. The molecule has 0 radical (unpaired) electrons. The third-order valence-corrected chi connectivity index (χ3v) is 3.76. The van der Waals surface area contributed by atoms with Gasteiger partial charge < -0.3 is 0 Å². The summed E-state index contributed by atoms with van der Waals surface area (Å²) in [6.07, 6.45) is 6.43. The summed E-state index contributed by atoms with van der Waals surface area (Å²) in [5, 5.41) is 2.74. The van der Waals surface area contributed by atoms with Crippen molar-refractivity contribution in [1.29, 1.82) is 0 Å². The van der Waals surface area contributed by atoms with Gasteiger partial charge in [0.15, 0.2) is 0 Å².